The molecule has 3 N–H and O–H groups in total. The van der Waals surface area contributed by atoms with Crippen molar-refractivity contribution in [2.75, 3.05) is 23.7 Å². The van der Waals surface area contributed by atoms with Gasteiger partial charge in [0, 0.05) is 28.8 Å². The van der Waals surface area contributed by atoms with Gasteiger partial charge < -0.3 is 10.6 Å². The number of fused-ring (bicyclic) bond motifs is 1. The number of urea groups is 1. The molecular formula is C37H40N6O2. The first-order valence-electron chi connectivity index (χ1n) is 15.6. The number of amides is 2. The highest BCUT2D eigenvalue weighted by Crippen LogP contribution is 2.36. The van der Waals surface area contributed by atoms with Gasteiger partial charge in [0.05, 0.1) is 17.3 Å². The van der Waals surface area contributed by atoms with Crippen LogP contribution in [0.1, 0.15) is 66.8 Å². The van der Waals surface area contributed by atoms with Gasteiger partial charge in [-0.25, -0.2) is 9.48 Å². The number of ketones is 1. The summed E-state index contributed by atoms with van der Waals surface area (Å²) in [6, 6.07) is 27.1. The van der Waals surface area contributed by atoms with E-state index in [1.807, 2.05) is 91.9 Å². The number of benzene rings is 3. The van der Waals surface area contributed by atoms with Crippen LogP contribution in [0.25, 0.3) is 16.5 Å². The van der Waals surface area contributed by atoms with Crippen molar-refractivity contribution in [3.63, 3.8) is 0 Å². The fourth-order valence-corrected chi connectivity index (χ4v) is 6.05. The van der Waals surface area contributed by atoms with Crippen molar-refractivity contribution in [3.05, 3.63) is 114 Å². The van der Waals surface area contributed by atoms with Crippen molar-refractivity contribution in [2.24, 2.45) is 5.92 Å². The summed E-state index contributed by atoms with van der Waals surface area (Å²) in [5.74, 6) is 0.488. The fraction of sp³-hybridized carbons (Fsp3) is 0.297. The Morgan fingerprint density at radius 3 is 2.33 bits per heavy atom. The second-order valence-electron chi connectivity index (χ2n) is 12.9. The molecule has 1 saturated heterocycles. The van der Waals surface area contributed by atoms with Crippen LogP contribution in [-0.2, 0) is 5.41 Å². The minimum atomic E-state index is -0.373. The molecule has 3 aromatic carbocycles. The SMILES string of the molecule is Cc1ccc(-n2nc(C(C)(C)C)cc2NC(=O)Nc2ccc(C(C(=O)c3nccc4ccccc34)C3CCNCC3)cc2)cc1. The number of Topliss-reactive ketones (excluding diaryl/α,β-unsaturated/α-hetero) is 1. The maximum Gasteiger partial charge on any atom is 0.324 e. The number of pyridine rings is 1. The number of nitrogens with one attached hydrogen (secondary N) is 3. The van der Waals surface area contributed by atoms with Crippen LogP contribution in [0.4, 0.5) is 16.3 Å². The summed E-state index contributed by atoms with van der Waals surface area (Å²) in [5.41, 5.74) is 4.77. The highest BCUT2D eigenvalue weighted by atomic mass is 16.2. The molecule has 8 heteroatoms. The first kappa shape index (κ1) is 30.2. The molecular weight excluding hydrogens is 560 g/mol. The molecule has 6 rings (SSSR count). The van der Waals surface area contributed by atoms with Crippen molar-refractivity contribution in [2.45, 2.75) is 51.9 Å². The number of carbonyl (C=O) groups is 2. The number of anilines is 2. The zero-order chi connectivity index (χ0) is 31.6. The van der Waals surface area contributed by atoms with Crippen LogP contribution in [0, 0.1) is 12.8 Å². The van der Waals surface area contributed by atoms with Crippen molar-refractivity contribution in [3.8, 4) is 5.69 Å². The average Bonchev–Trinajstić information content (AvgIpc) is 3.47. The second kappa shape index (κ2) is 12.7. The lowest BCUT2D eigenvalue weighted by molar-refractivity contribution is 0.0913. The van der Waals surface area contributed by atoms with E-state index in [9.17, 15) is 9.59 Å². The van der Waals surface area contributed by atoms with Crippen LogP contribution < -0.4 is 16.0 Å². The van der Waals surface area contributed by atoms with Crippen molar-refractivity contribution in [1.29, 1.82) is 0 Å². The van der Waals surface area contributed by atoms with E-state index in [1.165, 1.54) is 0 Å². The molecule has 0 saturated carbocycles. The molecule has 1 fully saturated rings. The van der Waals surface area contributed by atoms with Gasteiger partial charge in [0.25, 0.3) is 0 Å². The zero-order valence-corrected chi connectivity index (χ0v) is 26.3. The van der Waals surface area contributed by atoms with Crippen LogP contribution >= 0.6 is 0 Å². The van der Waals surface area contributed by atoms with Gasteiger partial charge >= 0.3 is 6.03 Å². The summed E-state index contributed by atoms with van der Waals surface area (Å²) in [4.78, 5) is 32.0. The number of piperidine rings is 1. The second-order valence-corrected chi connectivity index (χ2v) is 12.9. The molecule has 0 aliphatic carbocycles. The van der Waals surface area contributed by atoms with Gasteiger partial charge in [-0.15, -0.1) is 0 Å². The molecule has 0 spiro atoms. The molecule has 2 amide bonds. The van der Waals surface area contributed by atoms with E-state index in [2.05, 4.69) is 41.7 Å². The van der Waals surface area contributed by atoms with Crippen molar-refractivity contribution >= 4 is 34.1 Å². The molecule has 1 aliphatic rings. The van der Waals surface area contributed by atoms with E-state index < -0.39 is 0 Å². The number of aromatic nitrogens is 3. The predicted molar refractivity (Wildman–Crippen MR) is 180 cm³/mol. The van der Waals surface area contributed by atoms with E-state index in [0.29, 0.717) is 17.2 Å². The zero-order valence-electron chi connectivity index (χ0n) is 26.3. The molecule has 0 radical (unpaired) electrons. The molecule has 8 nitrogen and oxygen atoms in total. The van der Waals surface area contributed by atoms with E-state index in [0.717, 1.165) is 59.2 Å². The van der Waals surface area contributed by atoms with E-state index in [-0.39, 0.29) is 29.1 Å². The number of aryl methyl sites for hydroxylation is 1. The molecule has 2 aromatic heterocycles. The molecule has 0 bridgehead atoms. The molecule has 1 unspecified atom stereocenters. The lowest BCUT2D eigenvalue weighted by Gasteiger charge is -2.30. The molecule has 1 aliphatic heterocycles. The third kappa shape index (κ3) is 6.66. The Hall–Kier alpha value is -4.82. The van der Waals surface area contributed by atoms with Crippen molar-refractivity contribution < 1.29 is 9.59 Å². The standard InChI is InChI=1S/C37H40N6O2/c1-24-9-15-29(16-10-24)43-32(23-31(42-43)37(2,3)4)41-36(45)40-28-13-11-26(12-14-28)33(27-17-20-38-21-18-27)35(44)34-30-8-6-5-7-25(30)19-22-39-34/h5-16,19,22-23,27,33,38H,17-18,20-21H2,1-4H3,(H2,40,41,45). The minimum Gasteiger partial charge on any atom is -0.317 e. The van der Waals surface area contributed by atoms with Gasteiger partial charge in [-0.3, -0.25) is 15.1 Å². The Bertz CT molecular complexity index is 1810. The topological polar surface area (TPSA) is 101 Å². The highest BCUT2D eigenvalue weighted by molar-refractivity contribution is 6.09. The highest BCUT2D eigenvalue weighted by Gasteiger charge is 2.33. The molecule has 5 aromatic rings. The Morgan fingerprint density at radius 1 is 0.911 bits per heavy atom. The molecule has 1 atom stereocenters. The Labute approximate surface area is 264 Å². The lowest BCUT2D eigenvalue weighted by Crippen LogP contribution is -2.34. The number of carbonyl (C=O) groups excluding carboxylic acids is 2. The summed E-state index contributed by atoms with van der Waals surface area (Å²) in [7, 11) is 0. The average molecular weight is 601 g/mol. The van der Waals surface area contributed by atoms with E-state index in [4.69, 9.17) is 5.10 Å². The predicted octanol–water partition coefficient (Wildman–Crippen LogP) is 7.64. The number of rotatable bonds is 7. The monoisotopic (exact) mass is 600 g/mol. The summed E-state index contributed by atoms with van der Waals surface area (Å²) < 4.78 is 1.76. The summed E-state index contributed by atoms with van der Waals surface area (Å²) in [6.07, 6.45) is 3.54. The van der Waals surface area contributed by atoms with Crippen LogP contribution in [-0.4, -0.2) is 39.7 Å². The first-order valence-corrected chi connectivity index (χ1v) is 15.6. The van der Waals surface area contributed by atoms with Gasteiger partial charge in [-0.05, 0) is 80.1 Å². The molecule has 230 valence electrons. The van der Waals surface area contributed by atoms with Crippen LogP contribution in [0.15, 0.2) is 91.1 Å². The Morgan fingerprint density at radius 2 is 1.62 bits per heavy atom. The third-order valence-corrected chi connectivity index (χ3v) is 8.57. The van der Waals surface area contributed by atoms with Crippen LogP contribution in [0.3, 0.4) is 0 Å². The van der Waals surface area contributed by atoms with Gasteiger partial charge in [0.15, 0.2) is 5.78 Å². The van der Waals surface area contributed by atoms with Gasteiger partial charge in [0.1, 0.15) is 11.5 Å². The van der Waals surface area contributed by atoms with Crippen LogP contribution in [0.5, 0.6) is 0 Å². The molecule has 3 heterocycles. The number of nitrogens with zero attached hydrogens (tertiary/aromatic N) is 3. The van der Waals surface area contributed by atoms with E-state index in [1.54, 1.807) is 10.9 Å². The number of hydrogen-bond acceptors (Lipinski definition) is 5. The minimum absolute atomic E-state index is 0.0381. The summed E-state index contributed by atoms with van der Waals surface area (Å²) >= 11 is 0. The van der Waals surface area contributed by atoms with Gasteiger partial charge in [-0.2, -0.15) is 5.10 Å². The normalized spacial score (nSPS) is 14.7. The quantitative estimate of drug-likeness (QED) is 0.167. The maximum absolute atomic E-state index is 14.2. The first-order chi connectivity index (χ1) is 21.7. The van der Waals surface area contributed by atoms with Crippen molar-refractivity contribution in [1.82, 2.24) is 20.1 Å². The number of hydrogen-bond donors (Lipinski definition) is 3. The van der Waals surface area contributed by atoms with Gasteiger partial charge in [0.2, 0.25) is 0 Å². The van der Waals surface area contributed by atoms with Gasteiger partial charge in [-0.1, -0.05) is 74.9 Å². The summed E-state index contributed by atoms with van der Waals surface area (Å²) in [6.45, 7) is 10.1. The van der Waals surface area contributed by atoms with E-state index >= 15 is 0 Å². The Balaban J connectivity index is 1.24. The third-order valence-electron chi connectivity index (χ3n) is 8.57. The fourth-order valence-electron chi connectivity index (χ4n) is 6.05. The smallest absolute Gasteiger partial charge is 0.317 e. The lowest BCUT2D eigenvalue weighted by atomic mass is 9.76. The molecule has 45 heavy (non-hydrogen) atoms. The Kier molecular flexibility index (Phi) is 8.50. The summed E-state index contributed by atoms with van der Waals surface area (Å²) in [5, 5.41) is 16.1. The van der Waals surface area contributed by atoms with Crippen LogP contribution in [0.2, 0.25) is 0 Å². The largest absolute Gasteiger partial charge is 0.324 e. The maximum atomic E-state index is 14.2.